The van der Waals surface area contributed by atoms with Gasteiger partial charge in [-0.15, -0.1) is 0 Å². The minimum Gasteiger partial charge on any atom is -0.341 e. The molecule has 1 unspecified atom stereocenters. The molecule has 7 nitrogen and oxygen atoms in total. The van der Waals surface area contributed by atoms with Gasteiger partial charge in [0.25, 0.3) is 5.69 Å². The summed E-state index contributed by atoms with van der Waals surface area (Å²) in [5.74, 6) is 0. The average molecular weight is 485 g/mol. The van der Waals surface area contributed by atoms with E-state index in [1.54, 1.807) is 0 Å². The van der Waals surface area contributed by atoms with E-state index in [1.807, 2.05) is 18.2 Å². The fraction of sp³-hybridized carbons (Fsp3) is 0.250. The molecule has 0 fully saturated rings. The van der Waals surface area contributed by atoms with Crippen LogP contribution in [0, 0.1) is 10.1 Å². The lowest BCUT2D eigenvalue weighted by Crippen LogP contribution is -2.28. The van der Waals surface area contributed by atoms with E-state index in [1.165, 1.54) is 42.4 Å². The fourth-order valence-corrected chi connectivity index (χ4v) is 5.68. The summed E-state index contributed by atoms with van der Waals surface area (Å²) in [6.45, 7) is 1.17. The normalized spacial score (nSPS) is 14.5. The van der Waals surface area contributed by atoms with Crippen LogP contribution in [0.2, 0.25) is 5.02 Å². The third-order valence-electron chi connectivity index (χ3n) is 5.76. The Morgan fingerprint density at radius 2 is 1.76 bits per heavy atom. The van der Waals surface area contributed by atoms with Crippen molar-refractivity contribution >= 4 is 38.6 Å². The Morgan fingerprint density at radius 1 is 1.06 bits per heavy atom. The van der Waals surface area contributed by atoms with Gasteiger partial charge < -0.3 is 4.90 Å². The first-order valence-electron chi connectivity index (χ1n) is 10.7. The van der Waals surface area contributed by atoms with E-state index in [2.05, 4.69) is 38.3 Å². The zero-order chi connectivity index (χ0) is 23.4. The number of nitro groups is 1. The standard InChI is InChI=1S/C24H25ClN4O3S/c1-26-33(32,22-13-11-21(12-14-22)29(30)31)27-15-4-16-28-23-6-3-2-5-18(23)7-8-19-9-10-20(25)17-24(19)28/h2-3,5-6,9-14,17H,4,7-8,15-16H2,1H3,(H,26,27,32). The van der Waals surface area contributed by atoms with E-state index in [4.69, 9.17) is 11.6 Å². The van der Waals surface area contributed by atoms with Crippen molar-refractivity contribution < 1.29 is 9.13 Å². The Morgan fingerprint density at radius 3 is 2.45 bits per heavy atom. The minimum atomic E-state index is -2.87. The van der Waals surface area contributed by atoms with Crippen LogP contribution in [0.25, 0.3) is 0 Å². The summed E-state index contributed by atoms with van der Waals surface area (Å²) in [5, 5.41) is 11.6. The number of hydrogen-bond donors (Lipinski definition) is 1. The predicted molar refractivity (Wildman–Crippen MR) is 133 cm³/mol. The van der Waals surface area contributed by atoms with Gasteiger partial charge in [0.2, 0.25) is 0 Å². The van der Waals surface area contributed by atoms with Gasteiger partial charge in [-0.25, -0.2) is 13.3 Å². The zero-order valence-electron chi connectivity index (χ0n) is 18.2. The van der Waals surface area contributed by atoms with E-state index in [0.717, 1.165) is 24.2 Å². The van der Waals surface area contributed by atoms with Gasteiger partial charge >= 0.3 is 0 Å². The Kier molecular flexibility index (Phi) is 6.97. The molecule has 1 N–H and O–H groups in total. The number of halogens is 1. The van der Waals surface area contributed by atoms with Crippen LogP contribution in [0.5, 0.6) is 0 Å². The molecule has 9 heteroatoms. The van der Waals surface area contributed by atoms with Crippen LogP contribution >= 0.6 is 11.6 Å². The first kappa shape index (κ1) is 23.2. The molecule has 1 aliphatic rings. The number of aryl methyl sites for hydroxylation is 2. The average Bonchev–Trinajstić information content (AvgIpc) is 2.98. The first-order chi connectivity index (χ1) is 15.9. The molecule has 33 heavy (non-hydrogen) atoms. The molecule has 0 aliphatic carbocycles. The van der Waals surface area contributed by atoms with Gasteiger partial charge in [-0.2, -0.15) is 0 Å². The highest BCUT2D eigenvalue weighted by atomic mass is 35.5. The predicted octanol–water partition coefficient (Wildman–Crippen LogP) is 5.54. The molecule has 0 spiro atoms. The lowest BCUT2D eigenvalue weighted by atomic mass is 10.0. The number of para-hydroxylation sites is 1. The minimum absolute atomic E-state index is 0.0474. The molecule has 4 rings (SSSR count). The number of fused-ring (bicyclic) bond motifs is 2. The summed E-state index contributed by atoms with van der Waals surface area (Å²) in [6, 6.07) is 20.1. The van der Waals surface area contributed by atoms with Gasteiger partial charge in [-0.1, -0.05) is 35.9 Å². The largest absolute Gasteiger partial charge is 0.341 e. The van der Waals surface area contributed by atoms with Crippen molar-refractivity contribution in [2.75, 3.05) is 25.0 Å². The molecule has 0 saturated carbocycles. The number of benzene rings is 3. The highest BCUT2D eigenvalue weighted by Gasteiger charge is 2.21. The topological polar surface area (TPSA) is 87.8 Å². The molecule has 3 aromatic rings. The number of hydrogen-bond acceptors (Lipinski definition) is 5. The summed E-state index contributed by atoms with van der Waals surface area (Å²) in [5.41, 5.74) is 4.75. The molecular weight excluding hydrogens is 460 g/mol. The number of non-ortho nitro benzene ring substituents is 1. The Bertz CT molecular complexity index is 1290. The lowest BCUT2D eigenvalue weighted by Gasteiger charge is -2.27. The molecule has 0 radical (unpaired) electrons. The summed E-state index contributed by atoms with van der Waals surface area (Å²) in [7, 11) is -1.39. The Hall–Kier alpha value is -2.94. The van der Waals surface area contributed by atoms with Crippen LogP contribution in [0.1, 0.15) is 17.5 Å². The third kappa shape index (κ3) is 5.03. The summed E-state index contributed by atoms with van der Waals surface area (Å²) < 4.78 is 20.4. The Balaban J connectivity index is 1.51. The molecule has 0 bridgehead atoms. The molecule has 0 amide bonds. The first-order valence-corrected chi connectivity index (χ1v) is 12.6. The van der Waals surface area contributed by atoms with Crippen molar-refractivity contribution in [3.63, 3.8) is 0 Å². The van der Waals surface area contributed by atoms with E-state index in [0.29, 0.717) is 29.4 Å². The van der Waals surface area contributed by atoms with E-state index < -0.39 is 14.8 Å². The van der Waals surface area contributed by atoms with Gasteiger partial charge in [0.1, 0.15) is 9.92 Å². The number of rotatable bonds is 7. The second-order valence-electron chi connectivity index (χ2n) is 7.76. The van der Waals surface area contributed by atoms with Crippen molar-refractivity contribution in [2.24, 2.45) is 4.36 Å². The number of nitrogens with one attached hydrogen (secondary N) is 1. The summed E-state index contributed by atoms with van der Waals surface area (Å²) >= 11 is 6.33. The van der Waals surface area contributed by atoms with Gasteiger partial charge in [-0.3, -0.25) is 10.1 Å². The maximum absolute atomic E-state index is 13.3. The maximum atomic E-state index is 13.3. The SMILES string of the molecule is CN=S(=O)(NCCCN1c2ccccc2CCc2ccc(Cl)cc21)c1ccc([N+](=O)[O-])cc1. The lowest BCUT2D eigenvalue weighted by molar-refractivity contribution is -0.384. The highest BCUT2D eigenvalue weighted by Crippen LogP contribution is 2.37. The quantitative estimate of drug-likeness (QED) is 0.271. The van der Waals surface area contributed by atoms with Gasteiger partial charge in [-0.05, 0) is 60.7 Å². The van der Waals surface area contributed by atoms with Crippen LogP contribution in [0.15, 0.2) is 76.0 Å². The van der Waals surface area contributed by atoms with Crippen LogP contribution in [-0.2, 0) is 22.8 Å². The van der Waals surface area contributed by atoms with Gasteiger partial charge in [0.05, 0.1) is 9.82 Å². The van der Waals surface area contributed by atoms with Crippen molar-refractivity contribution in [3.05, 3.63) is 93.0 Å². The molecular formula is C24H25ClN4O3S. The molecule has 0 aromatic heterocycles. The summed E-state index contributed by atoms with van der Waals surface area (Å²) in [6.07, 6.45) is 2.61. The van der Waals surface area contributed by atoms with Crippen molar-refractivity contribution in [2.45, 2.75) is 24.2 Å². The second kappa shape index (κ2) is 9.91. The number of nitro benzene ring substituents is 1. The molecule has 1 aliphatic heterocycles. The van der Waals surface area contributed by atoms with E-state index in [-0.39, 0.29) is 5.69 Å². The van der Waals surface area contributed by atoms with Crippen molar-refractivity contribution in [3.8, 4) is 0 Å². The maximum Gasteiger partial charge on any atom is 0.269 e. The molecule has 172 valence electrons. The van der Waals surface area contributed by atoms with Crippen LogP contribution in [0.3, 0.4) is 0 Å². The van der Waals surface area contributed by atoms with Crippen LogP contribution in [0.4, 0.5) is 17.1 Å². The van der Waals surface area contributed by atoms with Crippen molar-refractivity contribution in [1.29, 1.82) is 0 Å². The summed E-state index contributed by atoms with van der Waals surface area (Å²) in [4.78, 5) is 13.1. The molecule has 1 atom stereocenters. The second-order valence-corrected chi connectivity index (χ2v) is 10.4. The van der Waals surface area contributed by atoms with Gasteiger partial charge in [0.15, 0.2) is 0 Å². The zero-order valence-corrected chi connectivity index (χ0v) is 19.8. The van der Waals surface area contributed by atoms with Crippen molar-refractivity contribution in [1.82, 2.24) is 4.72 Å². The molecule has 3 aromatic carbocycles. The monoisotopic (exact) mass is 484 g/mol. The number of nitrogens with zero attached hydrogens (tertiary/aromatic N) is 3. The molecule has 0 saturated heterocycles. The van der Waals surface area contributed by atoms with Gasteiger partial charge in [0, 0.05) is 48.7 Å². The Labute approximate surface area is 198 Å². The van der Waals surface area contributed by atoms with Crippen LogP contribution < -0.4 is 9.62 Å². The highest BCUT2D eigenvalue weighted by molar-refractivity contribution is 7.91. The third-order valence-corrected chi connectivity index (χ3v) is 8.02. The van der Waals surface area contributed by atoms with Crippen LogP contribution in [-0.4, -0.2) is 29.3 Å². The smallest absolute Gasteiger partial charge is 0.269 e. The number of anilines is 2. The molecule has 1 heterocycles. The van der Waals surface area contributed by atoms with E-state index >= 15 is 0 Å². The van der Waals surface area contributed by atoms with E-state index in [9.17, 15) is 14.3 Å². The fourth-order valence-electron chi connectivity index (χ4n) is 4.08.